The summed E-state index contributed by atoms with van der Waals surface area (Å²) in [5.41, 5.74) is 1.27. The van der Waals surface area contributed by atoms with Gasteiger partial charge >= 0.3 is 12.1 Å². The highest BCUT2D eigenvalue weighted by atomic mass is 19.4. The normalized spacial score (nSPS) is 25.1. The van der Waals surface area contributed by atoms with Gasteiger partial charge in [-0.2, -0.15) is 18.3 Å². The number of esters is 1. The van der Waals surface area contributed by atoms with Crippen LogP contribution in [0.1, 0.15) is 66.3 Å². The van der Waals surface area contributed by atoms with Crippen LogP contribution in [0.2, 0.25) is 0 Å². The Morgan fingerprint density at radius 1 is 1.26 bits per heavy atom. The van der Waals surface area contributed by atoms with E-state index in [1.165, 1.54) is 12.3 Å². The lowest BCUT2D eigenvalue weighted by atomic mass is 10.0. The maximum atomic E-state index is 13.3. The van der Waals surface area contributed by atoms with Crippen LogP contribution in [-0.4, -0.2) is 56.8 Å². The summed E-state index contributed by atoms with van der Waals surface area (Å²) in [5.74, 6) is -0.201. The zero-order valence-electron chi connectivity index (χ0n) is 19.5. The van der Waals surface area contributed by atoms with Gasteiger partial charge in [0.15, 0.2) is 5.69 Å². The molecular formula is C24H27F3N4O4. The topological polar surface area (TPSA) is 86.5 Å². The molecule has 3 heterocycles. The summed E-state index contributed by atoms with van der Waals surface area (Å²) in [6, 6.07) is 1.94. The van der Waals surface area contributed by atoms with E-state index >= 15 is 0 Å². The van der Waals surface area contributed by atoms with E-state index in [2.05, 4.69) is 10.1 Å². The van der Waals surface area contributed by atoms with Gasteiger partial charge in [-0.3, -0.25) is 9.48 Å². The van der Waals surface area contributed by atoms with Gasteiger partial charge in [0, 0.05) is 42.9 Å². The fourth-order valence-corrected chi connectivity index (χ4v) is 5.36. The summed E-state index contributed by atoms with van der Waals surface area (Å²) in [7, 11) is 0. The molecule has 5 rings (SSSR count). The number of ether oxygens (including phenoxy) is 2. The summed E-state index contributed by atoms with van der Waals surface area (Å²) >= 11 is 0. The van der Waals surface area contributed by atoms with E-state index in [1.807, 2.05) is 6.92 Å². The Morgan fingerprint density at radius 2 is 2.06 bits per heavy atom. The molecule has 2 aliphatic carbocycles. The maximum absolute atomic E-state index is 13.3. The van der Waals surface area contributed by atoms with Gasteiger partial charge in [-0.1, -0.05) is 0 Å². The number of aromatic nitrogens is 3. The average Bonchev–Trinajstić information content (AvgIpc) is 3.32. The van der Waals surface area contributed by atoms with E-state index < -0.39 is 29.7 Å². The van der Waals surface area contributed by atoms with Gasteiger partial charge in [0.2, 0.25) is 11.8 Å². The van der Waals surface area contributed by atoms with E-state index in [1.54, 1.807) is 16.5 Å². The Bertz CT molecular complexity index is 1150. The molecule has 8 nitrogen and oxygen atoms in total. The van der Waals surface area contributed by atoms with E-state index in [0.29, 0.717) is 36.9 Å². The summed E-state index contributed by atoms with van der Waals surface area (Å²) in [6.45, 7) is 4.20. The number of hydrogen-bond acceptors (Lipinski definition) is 6. The van der Waals surface area contributed by atoms with Crippen LogP contribution in [0.4, 0.5) is 13.2 Å². The second kappa shape index (κ2) is 8.83. The Morgan fingerprint density at radius 3 is 2.77 bits per heavy atom. The highest BCUT2D eigenvalue weighted by Gasteiger charge is 2.50. The molecule has 3 aliphatic rings. The van der Waals surface area contributed by atoms with Crippen molar-refractivity contribution >= 4 is 11.9 Å². The summed E-state index contributed by atoms with van der Waals surface area (Å²) < 4.78 is 52.2. The number of carbonyl (C=O) groups is 2. The first-order valence-electron chi connectivity index (χ1n) is 11.9. The monoisotopic (exact) mass is 492 g/mol. The van der Waals surface area contributed by atoms with Crippen LogP contribution in [0.3, 0.4) is 0 Å². The number of hydrogen-bond donors (Lipinski definition) is 0. The van der Waals surface area contributed by atoms with Crippen molar-refractivity contribution in [1.82, 2.24) is 19.7 Å². The first-order chi connectivity index (χ1) is 16.7. The molecule has 1 amide bonds. The van der Waals surface area contributed by atoms with E-state index in [9.17, 15) is 22.8 Å². The first kappa shape index (κ1) is 23.6. The molecular weight excluding hydrogens is 465 g/mol. The van der Waals surface area contributed by atoms with Crippen molar-refractivity contribution in [2.45, 2.75) is 70.3 Å². The Balaban J connectivity index is 1.25. The van der Waals surface area contributed by atoms with Crippen LogP contribution in [0, 0.1) is 5.92 Å². The summed E-state index contributed by atoms with van der Waals surface area (Å²) in [5, 5.41) is 4.45. The van der Waals surface area contributed by atoms with Crippen molar-refractivity contribution in [3.8, 4) is 5.88 Å². The lowest BCUT2D eigenvalue weighted by Gasteiger charge is -2.37. The van der Waals surface area contributed by atoms with Crippen molar-refractivity contribution in [1.29, 1.82) is 0 Å². The van der Waals surface area contributed by atoms with Gasteiger partial charge in [-0.05, 0) is 50.7 Å². The average molecular weight is 492 g/mol. The third-order valence-electron chi connectivity index (χ3n) is 7.10. The Hall–Kier alpha value is -3.11. The molecule has 0 radical (unpaired) electrons. The smallest absolute Gasteiger partial charge is 0.421 e. The molecule has 0 N–H and O–H groups in total. The molecule has 2 fully saturated rings. The largest absolute Gasteiger partial charge is 0.474 e. The van der Waals surface area contributed by atoms with Crippen molar-refractivity contribution in [3.63, 3.8) is 0 Å². The SMILES string of the molecule is CCOC(=O)c1nn(CC(=O)N2CC[C@@H](Oc3ncccc3C(F)(F)F)C[C@H]2C)c2c1[C@@H]1C[C@@H]1C2. The third-order valence-corrected chi connectivity index (χ3v) is 7.10. The molecule has 35 heavy (non-hydrogen) atoms. The zero-order valence-corrected chi connectivity index (χ0v) is 19.5. The quantitative estimate of drug-likeness (QED) is 0.573. The molecule has 1 saturated carbocycles. The number of amides is 1. The minimum Gasteiger partial charge on any atom is -0.474 e. The van der Waals surface area contributed by atoms with Crippen molar-refractivity contribution in [2.24, 2.45) is 5.92 Å². The molecule has 0 bridgehead atoms. The molecule has 1 aliphatic heterocycles. The number of likely N-dealkylation sites (tertiary alicyclic amines) is 1. The minimum atomic E-state index is -4.56. The third kappa shape index (κ3) is 4.48. The second-order valence-corrected chi connectivity index (χ2v) is 9.45. The number of alkyl halides is 3. The molecule has 188 valence electrons. The van der Waals surface area contributed by atoms with Gasteiger partial charge in [0.05, 0.1) is 6.61 Å². The second-order valence-electron chi connectivity index (χ2n) is 9.45. The molecule has 2 aromatic rings. The number of piperidine rings is 1. The number of pyridine rings is 1. The van der Waals surface area contributed by atoms with Crippen LogP contribution in [0.25, 0.3) is 0 Å². The van der Waals surface area contributed by atoms with E-state index in [-0.39, 0.29) is 25.1 Å². The first-order valence-corrected chi connectivity index (χ1v) is 11.9. The van der Waals surface area contributed by atoms with Crippen LogP contribution < -0.4 is 4.74 Å². The Labute approximate surface area is 200 Å². The fourth-order valence-electron chi connectivity index (χ4n) is 5.36. The predicted octanol–water partition coefficient (Wildman–Crippen LogP) is 3.59. The van der Waals surface area contributed by atoms with Gasteiger partial charge in [-0.15, -0.1) is 0 Å². The summed E-state index contributed by atoms with van der Waals surface area (Å²) in [6.07, 6.45) is -1.16. The van der Waals surface area contributed by atoms with Crippen molar-refractivity contribution in [3.05, 3.63) is 40.8 Å². The number of rotatable bonds is 6. The van der Waals surface area contributed by atoms with Crippen LogP contribution in [0.5, 0.6) is 5.88 Å². The van der Waals surface area contributed by atoms with Crippen molar-refractivity contribution < 1.29 is 32.2 Å². The van der Waals surface area contributed by atoms with Gasteiger partial charge < -0.3 is 14.4 Å². The molecule has 2 aromatic heterocycles. The van der Waals surface area contributed by atoms with Crippen LogP contribution in [0.15, 0.2) is 18.3 Å². The zero-order chi connectivity index (χ0) is 24.9. The molecule has 0 unspecified atom stereocenters. The number of carbonyl (C=O) groups excluding carboxylic acids is 2. The standard InChI is InChI=1S/C24H27F3N4O4/c1-3-34-23(33)21-20-16-10-14(16)11-18(20)31(29-21)12-19(32)30-8-6-15(9-13(30)2)35-22-17(24(25,26)27)5-4-7-28-22/h4-5,7,13-16H,3,6,8-12H2,1-2H3/t13-,14-,15-,16-/m1/s1. The van der Waals surface area contributed by atoms with Gasteiger partial charge in [0.1, 0.15) is 18.2 Å². The highest BCUT2D eigenvalue weighted by Crippen LogP contribution is 2.57. The minimum absolute atomic E-state index is 0.00943. The van der Waals surface area contributed by atoms with E-state index in [0.717, 1.165) is 30.2 Å². The molecule has 0 spiro atoms. The van der Waals surface area contributed by atoms with Crippen LogP contribution in [-0.2, 0) is 28.7 Å². The Kier molecular flexibility index (Phi) is 5.96. The lowest BCUT2D eigenvalue weighted by Crippen LogP contribution is -2.48. The van der Waals surface area contributed by atoms with Crippen LogP contribution >= 0.6 is 0 Å². The van der Waals surface area contributed by atoms with Crippen molar-refractivity contribution in [2.75, 3.05) is 13.2 Å². The predicted molar refractivity (Wildman–Crippen MR) is 117 cm³/mol. The molecule has 11 heteroatoms. The fraction of sp³-hybridized carbons (Fsp3) is 0.583. The number of fused-ring (bicyclic) bond motifs is 3. The van der Waals surface area contributed by atoms with Gasteiger partial charge in [0.25, 0.3) is 0 Å². The maximum Gasteiger partial charge on any atom is 0.421 e. The molecule has 0 aromatic carbocycles. The number of halogens is 3. The van der Waals surface area contributed by atoms with E-state index in [4.69, 9.17) is 9.47 Å². The summed E-state index contributed by atoms with van der Waals surface area (Å²) in [4.78, 5) is 31.1. The molecule has 4 atom stereocenters. The lowest BCUT2D eigenvalue weighted by molar-refractivity contribution is -0.140. The molecule has 1 saturated heterocycles. The number of nitrogens with zero attached hydrogens (tertiary/aromatic N) is 4. The van der Waals surface area contributed by atoms with Gasteiger partial charge in [-0.25, -0.2) is 9.78 Å². The highest BCUT2D eigenvalue weighted by molar-refractivity contribution is 5.90.